The molecule has 1 saturated heterocycles. The molecule has 0 bridgehead atoms. The number of carbonyl (C=O) groups excluding carboxylic acids is 1. The Morgan fingerprint density at radius 3 is 2.44 bits per heavy atom. The molecule has 4 rings (SSSR count). The van der Waals surface area contributed by atoms with Gasteiger partial charge in [-0.05, 0) is 64.7 Å². The van der Waals surface area contributed by atoms with E-state index in [2.05, 4.69) is 4.98 Å². The van der Waals surface area contributed by atoms with Crippen molar-refractivity contribution in [2.24, 2.45) is 12.5 Å². The first kappa shape index (κ1) is 18.3. The maximum atomic E-state index is 15.7. The Bertz CT molecular complexity index is 867. The molecule has 2 aromatic rings. The lowest BCUT2D eigenvalue weighted by Crippen LogP contribution is -2.61. The summed E-state index contributed by atoms with van der Waals surface area (Å²) in [5.41, 5.74) is -0.459. The molecule has 146 valence electrons. The van der Waals surface area contributed by atoms with Crippen molar-refractivity contribution >= 4 is 17.1 Å². The number of alkyl halides is 1. The molecule has 1 spiro atoms. The molecule has 6 heteroatoms. The summed E-state index contributed by atoms with van der Waals surface area (Å²) in [6, 6.07) is 5.78. The van der Waals surface area contributed by atoms with Crippen LogP contribution in [-0.4, -0.2) is 39.2 Å². The molecular weight excluding hydrogens is 345 g/mol. The normalized spacial score (nSPS) is 21.3. The zero-order valence-corrected chi connectivity index (χ0v) is 16.6. The average molecular weight is 373 g/mol. The fourth-order valence-electron chi connectivity index (χ4n) is 4.35. The van der Waals surface area contributed by atoms with Gasteiger partial charge in [-0.3, -0.25) is 0 Å². The third kappa shape index (κ3) is 3.30. The molecule has 0 radical (unpaired) electrons. The average Bonchev–Trinajstić information content (AvgIpc) is 2.93. The molecule has 0 unspecified atom stereocenters. The molecule has 1 aliphatic heterocycles. The minimum absolute atomic E-state index is 0.0432. The number of ether oxygens (including phenoxy) is 1. The molecule has 2 aromatic heterocycles. The third-order valence-corrected chi connectivity index (χ3v) is 5.98. The van der Waals surface area contributed by atoms with Crippen molar-refractivity contribution in [2.45, 2.75) is 57.7 Å². The molecular formula is C21H28FN3O2. The Morgan fingerprint density at radius 2 is 1.81 bits per heavy atom. The molecule has 5 nitrogen and oxygen atoms in total. The number of halogens is 1. The van der Waals surface area contributed by atoms with Crippen LogP contribution < -0.4 is 0 Å². The van der Waals surface area contributed by atoms with E-state index in [1.807, 2.05) is 56.8 Å². The first-order chi connectivity index (χ1) is 12.6. The predicted molar refractivity (Wildman–Crippen MR) is 102 cm³/mol. The van der Waals surface area contributed by atoms with Gasteiger partial charge in [0.1, 0.15) is 11.2 Å². The molecule has 3 heterocycles. The summed E-state index contributed by atoms with van der Waals surface area (Å²) in [6.07, 6.45) is 4.14. The summed E-state index contributed by atoms with van der Waals surface area (Å²) in [7, 11) is 1.93. The number of amides is 1. The largest absolute Gasteiger partial charge is 0.444 e. The molecule has 0 N–H and O–H groups in total. The molecule has 0 aromatic carbocycles. The van der Waals surface area contributed by atoms with Gasteiger partial charge in [-0.2, -0.15) is 0 Å². The van der Waals surface area contributed by atoms with Gasteiger partial charge in [-0.15, -0.1) is 0 Å². The number of pyridine rings is 1. The SMILES string of the molecule is Cn1ccc2ccc(C3(F)CCC4(CC3)CN(C(=O)OC(C)(C)C)C4)nc21. The van der Waals surface area contributed by atoms with Crippen LogP contribution in [0.1, 0.15) is 52.1 Å². The minimum atomic E-state index is -1.38. The van der Waals surface area contributed by atoms with Crippen LogP contribution in [-0.2, 0) is 17.5 Å². The lowest BCUT2D eigenvalue weighted by molar-refractivity contribution is -0.0735. The number of hydrogen-bond acceptors (Lipinski definition) is 3. The molecule has 1 aliphatic carbocycles. The van der Waals surface area contributed by atoms with Crippen LogP contribution in [0.25, 0.3) is 11.0 Å². The summed E-state index contributed by atoms with van der Waals surface area (Å²) in [6.45, 7) is 6.95. The van der Waals surface area contributed by atoms with Gasteiger partial charge in [0.05, 0.1) is 5.69 Å². The smallest absolute Gasteiger partial charge is 0.410 e. The van der Waals surface area contributed by atoms with Crippen LogP contribution in [0.3, 0.4) is 0 Å². The van der Waals surface area contributed by atoms with Gasteiger partial charge < -0.3 is 14.2 Å². The van der Waals surface area contributed by atoms with Crippen LogP contribution in [0.2, 0.25) is 0 Å². The quantitative estimate of drug-likeness (QED) is 0.737. The van der Waals surface area contributed by atoms with E-state index in [-0.39, 0.29) is 11.5 Å². The van der Waals surface area contributed by atoms with Crippen LogP contribution in [0, 0.1) is 5.41 Å². The van der Waals surface area contributed by atoms with E-state index in [1.165, 1.54) is 0 Å². The minimum Gasteiger partial charge on any atom is -0.444 e. The van der Waals surface area contributed by atoms with Gasteiger partial charge in [0.25, 0.3) is 0 Å². The topological polar surface area (TPSA) is 47.4 Å². The van der Waals surface area contributed by atoms with E-state index in [0.29, 0.717) is 31.6 Å². The first-order valence-corrected chi connectivity index (χ1v) is 9.69. The Balaban J connectivity index is 1.41. The maximum absolute atomic E-state index is 15.7. The van der Waals surface area contributed by atoms with E-state index in [1.54, 1.807) is 4.90 Å². The zero-order chi connectivity index (χ0) is 19.4. The van der Waals surface area contributed by atoms with Gasteiger partial charge in [0.2, 0.25) is 0 Å². The van der Waals surface area contributed by atoms with Gasteiger partial charge in [0.15, 0.2) is 5.67 Å². The second kappa shape index (κ2) is 5.94. The second-order valence-electron chi connectivity index (χ2n) is 9.34. The van der Waals surface area contributed by atoms with E-state index in [9.17, 15) is 4.79 Å². The Morgan fingerprint density at radius 1 is 1.15 bits per heavy atom. The van der Waals surface area contributed by atoms with E-state index >= 15 is 4.39 Å². The molecule has 2 fully saturated rings. The van der Waals surface area contributed by atoms with Crippen molar-refractivity contribution in [3.05, 3.63) is 30.1 Å². The predicted octanol–water partition coefficient (Wildman–Crippen LogP) is 4.55. The Labute approximate surface area is 159 Å². The fourth-order valence-corrected chi connectivity index (χ4v) is 4.35. The maximum Gasteiger partial charge on any atom is 0.410 e. The van der Waals surface area contributed by atoms with Crippen molar-refractivity contribution in [1.29, 1.82) is 0 Å². The van der Waals surface area contributed by atoms with E-state index in [0.717, 1.165) is 23.9 Å². The highest BCUT2D eigenvalue weighted by Crippen LogP contribution is 2.51. The molecule has 27 heavy (non-hydrogen) atoms. The number of carbonyl (C=O) groups is 1. The van der Waals surface area contributed by atoms with Gasteiger partial charge in [0, 0.05) is 37.1 Å². The fraction of sp³-hybridized carbons (Fsp3) is 0.619. The summed E-state index contributed by atoms with van der Waals surface area (Å²) in [4.78, 5) is 18.5. The molecule has 1 amide bonds. The van der Waals surface area contributed by atoms with Gasteiger partial charge >= 0.3 is 6.09 Å². The summed E-state index contributed by atoms with van der Waals surface area (Å²) >= 11 is 0. The molecule has 0 atom stereocenters. The van der Waals surface area contributed by atoms with Crippen molar-refractivity contribution in [3.8, 4) is 0 Å². The highest BCUT2D eigenvalue weighted by atomic mass is 19.1. The van der Waals surface area contributed by atoms with Crippen molar-refractivity contribution in [3.63, 3.8) is 0 Å². The lowest BCUT2D eigenvalue weighted by Gasteiger charge is -2.54. The van der Waals surface area contributed by atoms with Crippen molar-refractivity contribution in [2.75, 3.05) is 13.1 Å². The highest BCUT2D eigenvalue weighted by molar-refractivity contribution is 5.76. The summed E-state index contributed by atoms with van der Waals surface area (Å²) in [5, 5.41) is 1.03. The Kier molecular flexibility index (Phi) is 4.02. The second-order valence-corrected chi connectivity index (χ2v) is 9.34. The first-order valence-electron chi connectivity index (χ1n) is 9.69. The van der Waals surface area contributed by atoms with Crippen molar-refractivity contribution in [1.82, 2.24) is 14.5 Å². The zero-order valence-electron chi connectivity index (χ0n) is 16.6. The monoisotopic (exact) mass is 373 g/mol. The number of nitrogens with zero attached hydrogens (tertiary/aromatic N) is 3. The molecule has 1 saturated carbocycles. The highest BCUT2D eigenvalue weighted by Gasteiger charge is 2.52. The summed E-state index contributed by atoms with van der Waals surface area (Å²) < 4.78 is 23.0. The Hall–Kier alpha value is -2.11. The third-order valence-electron chi connectivity index (χ3n) is 5.98. The van der Waals surface area contributed by atoms with Crippen LogP contribution in [0.4, 0.5) is 9.18 Å². The van der Waals surface area contributed by atoms with Gasteiger partial charge in [-0.1, -0.05) is 0 Å². The number of aromatic nitrogens is 2. The number of aryl methyl sites for hydroxylation is 1. The van der Waals surface area contributed by atoms with Crippen molar-refractivity contribution < 1.29 is 13.9 Å². The molecule has 2 aliphatic rings. The number of fused-ring (bicyclic) bond motifs is 1. The van der Waals surface area contributed by atoms with Gasteiger partial charge in [-0.25, -0.2) is 14.2 Å². The summed E-state index contributed by atoms with van der Waals surface area (Å²) in [5.74, 6) is 0. The number of likely N-dealkylation sites (tertiary alicyclic amines) is 1. The standard InChI is InChI=1S/C21H28FN3O2/c1-19(2,3)27-18(26)25-13-20(14-25)8-10-21(22,11-9-20)16-6-5-15-7-12-24(4)17(15)23-16/h5-7,12H,8-11,13-14H2,1-4H3. The number of rotatable bonds is 1. The van der Waals surface area contributed by atoms with E-state index in [4.69, 9.17) is 4.74 Å². The van der Waals surface area contributed by atoms with Crippen LogP contribution in [0.15, 0.2) is 24.4 Å². The number of hydrogen-bond donors (Lipinski definition) is 0. The van der Waals surface area contributed by atoms with E-state index < -0.39 is 11.3 Å². The van der Waals surface area contributed by atoms with Crippen LogP contribution in [0.5, 0.6) is 0 Å². The lowest BCUT2D eigenvalue weighted by atomic mass is 9.64. The van der Waals surface area contributed by atoms with Crippen LogP contribution >= 0.6 is 0 Å².